The van der Waals surface area contributed by atoms with E-state index in [1.165, 1.54) is 15.9 Å². The lowest BCUT2D eigenvalue weighted by atomic mass is 10.2. The van der Waals surface area contributed by atoms with Crippen molar-refractivity contribution in [2.45, 2.75) is 40.2 Å². The molecule has 0 aliphatic rings. The molecule has 0 saturated carbocycles. The topological polar surface area (TPSA) is 64.0 Å². The average molecular weight is 355 g/mol. The quantitative estimate of drug-likeness (QED) is 0.773. The molecule has 5 nitrogen and oxygen atoms in total. The Kier molecular flexibility index (Phi) is 4.72. The van der Waals surface area contributed by atoms with E-state index in [2.05, 4.69) is 10.3 Å². The molecule has 25 heavy (non-hydrogen) atoms. The van der Waals surface area contributed by atoms with Gasteiger partial charge in [-0.3, -0.25) is 14.2 Å². The van der Waals surface area contributed by atoms with Gasteiger partial charge in [0, 0.05) is 10.6 Å². The van der Waals surface area contributed by atoms with Gasteiger partial charge in [0.2, 0.25) is 5.91 Å². The van der Waals surface area contributed by atoms with E-state index in [9.17, 15) is 9.59 Å². The second-order valence-electron chi connectivity index (χ2n) is 6.10. The Bertz CT molecular complexity index is 1000. The normalized spacial score (nSPS) is 12.3. The summed E-state index contributed by atoms with van der Waals surface area (Å²) in [6, 6.07) is 8.82. The monoisotopic (exact) mass is 355 g/mol. The molecule has 3 aromatic rings. The number of fused-ring (bicyclic) bond motifs is 1. The van der Waals surface area contributed by atoms with E-state index in [4.69, 9.17) is 0 Å². The summed E-state index contributed by atoms with van der Waals surface area (Å²) in [5.41, 5.74) is 1.57. The molecule has 1 N–H and O–H groups in total. The molecule has 0 fully saturated rings. The SMILES string of the molecule is CCc1cc2c(=O)n(C(C)C(=O)Nc3ccccc3C)c(C)nc2s1. The standard InChI is InChI=1S/C19H21N3O2S/c1-5-14-10-15-18(25-14)20-13(4)22(19(15)24)12(3)17(23)21-16-9-7-6-8-11(16)2/h6-10,12H,5H2,1-4H3,(H,21,23). The van der Waals surface area contributed by atoms with Gasteiger partial charge in [0.25, 0.3) is 5.56 Å². The van der Waals surface area contributed by atoms with Crippen molar-refractivity contribution in [3.63, 3.8) is 0 Å². The first kappa shape index (κ1) is 17.4. The third-order valence-corrected chi connectivity index (χ3v) is 5.52. The number of carbonyl (C=O) groups excluding carboxylic acids is 1. The van der Waals surface area contributed by atoms with E-state index in [1.807, 2.05) is 44.2 Å². The largest absolute Gasteiger partial charge is 0.324 e. The molecule has 130 valence electrons. The van der Waals surface area contributed by atoms with Gasteiger partial charge in [-0.2, -0.15) is 0 Å². The van der Waals surface area contributed by atoms with Crippen molar-refractivity contribution < 1.29 is 4.79 Å². The van der Waals surface area contributed by atoms with Crippen LogP contribution in [0.3, 0.4) is 0 Å². The third-order valence-electron chi connectivity index (χ3n) is 4.34. The zero-order valence-electron chi connectivity index (χ0n) is 14.8. The van der Waals surface area contributed by atoms with E-state index in [0.717, 1.165) is 27.4 Å². The molecule has 1 amide bonds. The van der Waals surface area contributed by atoms with Crippen molar-refractivity contribution in [3.05, 3.63) is 57.0 Å². The molecule has 3 rings (SSSR count). The third kappa shape index (κ3) is 3.22. The fourth-order valence-electron chi connectivity index (χ4n) is 2.84. The minimum Gasteiger partial charge on any atom is -0.324 e. The van der Waals surface area contributed by atoms with E-state index < -0.39 is 6.04 Å². The minimum absolute atomic E-state index is 0.161. The molecule has 1 atom stereocenters. The predicted octanol–water partition coefficient (Wildman–Crippen LogP) is 3.84. The summed E-state index contributed by atoms with van der Waals surface area (Å²) >= 11 is 1.53. The highest BCUT2D eigenvalue weighted by Crippen LogP contribution is 2.23. The molecule has 0 spiro atoms. The number of nitrogens with zero attached hydrogens (tertiary/aromatic N) is 2. The highest BCUT2D eigenvalue weighted by Gasteiger charge is 2.21. The number of nitrogens with one attached hydrogen (secondary N) is 1. The van der Waals surface area contributed by atoms with Crippen LogP contribution in [0.5, 0.6) is 0 Å². The van der Waals surface area contributed by atoms with Crippen LogP contribution in [0.15, 0.2) is 35.1 Å². The lowest BCUT2D eigenvalue weighted by Crippen LogP contribution is -2.33. The Morgan fingerprint density at radius 2 is 2.04 bits per heavy atom. The van der Waals surface area contributed by atoms with Gasteiger partial charge in [-0.25, -0.2) is 4.98 Å². The lowest BCUT2D eigenvalue weighted by molar-refractivity contribution is -0.118. The maximum Gasteiger partial charge on any atom is 0.263 e. The maximum atomic E-state index is 12.9. The predicted molar refractivity (Wildman–Crippen MR) is 103 cm³/mol. The summed E-state index contributed by atoms with van der Waals surface area (Å²) in [5.74, 6) is 0.320. The van der Waals surface area contributed by atoms with E-state index in [-0.39, 0.29) is 11.5 Å². The Labute approximate surface area is 150 Å². The zero-order valence-corrected chi connectivity index (χ0v) is 15.6. The van der Waals surface area contributed by atoms with Gasteiger partial charge in [-0.05, 0) is 44.9 Å². The molecule has 0 aliphatic carbocycles. The first-order valence-electron chi connectivity index (χ1n) is 8.30. The van der Waals surface area contributed by atoms with E-state index in [0.29, 0.717) is 11.2 Å². The van der Waals surface area contributed by atoms with Crippen LogP contribution in [0.4, 0.5) is 5.69 Å². The lowest BCUT2D eigenvalue weighted by Gasteiger charge is -2.18. The van der Waals surface area contributed by atoms with Gasteiger partial charge in [0.15, 0.2) is 0 Å². The van der Waals surface area contributed by atoms with Gasteiger partial charge in [-0.1, -0.05) is 25.1 Å². The molecule has 2 aromatic heterocycles. The molecule has 0 saturated heterocycles. The highest BCUT2D eigenvalue weighted by atomic mass is 32.1. The van der Waals surface area contributed by atoms with Crippen molar-refractivity contribution in [3.8, 4) is 0 Å². The second kappa shape index (κ2) is 6.80. The first-order chi connectivity index (χ1) is 11.9. The van der Waals surface area contributed by atoms with Crippen molar-refractivity contribution in [1.29, 1.82) is 0 Å². The fraction of sp³-hybridized carbons (Fsp3) is 0.316. The molecule has 0 bridgehead atoms. The molecular formula is C19H21N3O2S. The molecule has 0 aliphatic heterocycles. The molecular weight excluding hydrogens is 334 g/mol. The molecule has 2 heterocycles. The number of amides is 1. The van der Waals surface area contributed by atoms with Crippen LogP contribution in [0.1, 0.15) is 36.2 Å². The molecule has 1 aromatic carbocycles. The minimum atomic E-state index is -0.644. The van der Waals surface area contributed by atoms with Gasteiger partial charge < -0.3 is 5.32 Å². The number of benzene rings is 1. The number of thiophene rings is 1. The number of para-hydroxylation sites is 1. The van der Waals surface area contributed by atoms with Crippen LogP contribution < -0.4 is 10.9 Å². The van der Waals surface area contributed by atoms with Gasteiger partial charge in [0.1, 0.15) is 16.7 Å². The van der Waals surface area contributed by atoms with Crippen molar-refractivity contribution in [2.24, 2.45) is 0 Å². The van der Waals surface area contributed by atoms with Gasteiger partial charge in [0.05, 0.1) is 5.39 Å². The van der Waals surface area contributed by atoms with Crippen LogP contribution in [0.25, 0.3) is 10.2 Å². The summed E-state index contributed by atoms with van der Waals surface area (Å²) in [4.78, 5) is 32.0. The smallest absolute Gasteiger partial charge is 0.263 e. The molecule has 0 radical (unpaired) electrons. The van der Waals surface area contributed by atoms with E-state index >= 15 is 0 Å². The number of hydrogen-bond donors (Lipinski definition) is 1. The van der Waals surface area contributed by atoms with Crippen LogP contribution in [0, 0.1) is 13.8 Å². The van der Waals surface area contributed by atoms with Crippen molar-refractivity contribution in [2.75, 3.05) is 5.32 Å². The van der Waals surface area contributed by atoms with Crippen LogP contribution in [0.2, 0.25) is 0 Å². The number of aromatic nitrogens is 2. The maximum absolute atomic E-state index is 12.9. The number of anilines is 1. The Morgan fingerprint density at radius 3 is 2.72 bits per heavy atom. The van der Waals surface area contributed by atoms with Crippen LogP contribution in [-0.4, -0.2) is 15.5 Å². The summed E-state index contributed by atoms with van der Waals surface area (Å²) in [7, 11) is 0. The highest BCUT2D eigenvalue weighted by molar-refractivity contribution is 7.18. The van der Waals surface area contributed by atoms with Crippen LogP contribution in [-0.2, 0) is 11.2 Å². The summed E-state index contributed by atoms with van der Waals surface area (Å²) in [6.07, 6.45) is 0.864. The Morgan fingerprint density at radius 1 is 1.32 bits per heavy atom. The fourth-order valence-corrected chi connectivity index (χ4v) is 3.85. The van der Waals surface area contributed by atoms with Crippen molar-refractivity contribution >= 4 is 33.1 Å². The summed E-state index contributed by atoms with van der Waals surface area (Å²) in [5, 5.41) is 3.49. The second-order valence-corrected chi connectivity index (χ2v) is 7.21. The number of aryl methyl sites for hydroxylation is 3. The van der Waals surface area contributed by atoms with Crippen molar-refractivity contribution in [1.82, 2.24) is 9.55 Å². The summed E-state index contributed by atoms with van der Waals surface area (Å²) < 4.78 is 1.47. The average Bonchev–Trinajstić information content (AvgIpc) is 3.00. The molecule has 6 heteroatoms. The first-order valence-corrected chi connectivity index (χ1v) is 9.12. The summed E-state index contributed by atoms with van der Waals surface area (Å²) in [6.45, 7) is 7.48. The van der Waals surface area contributed by atoms with E-state index in [1.54, 1.807) is 13.8 Å². The zero-order chi connectivity index (χ0) is 18.1. The number of carbonyl (C=O) groups is 1. The molecule has 1 unspecified atom stereocenters. The van der Waals surface area contributed by atoms with Crippen LogP contribution >= 0.6 is 11.3 Å². The van der Waals surface area contributed by atoms with Gasteiger partial charge >= 0.3 is 0 Å². The Balaban J connectivity index is 1.99. The Hall–Kier alpha value is -2.47. The number of rotatable bonds is 4. The number of hydrogen-bond acceptors (Lipinski definition) is 4. The van der Waals surface area contributed by atoms with Gasteiger partial charge in [-0.15, -0.1) is 11.3 Å².